The van der Waals surface area contributed by atoms with Crippen LogP contribution in [0.3, 0.4) is 0 Å². The van der Waals surface area contributed by atoms with Gasteiger partial charge in [0.15, 0.2) is 0 Å². The van der Waals surface area contributed by atoms with Gasteiger partial charge in [0.25, 0.3) is 0 Å². The van der Waals surface area contributed by atoms with Gasteiger partial charge in [0, 0.05) is 0 Å². The predicted octanol–water partition coefficient (Wildman–Crippen LogP) is 2.83. The zero-order valence-electron chi connectivity index (χ0n) is 8.87. The monoisotopic (exact) mass is 182 g/mol. The van der Waals surface area contributed by atoms with Crippen LogP contribution >= 0.6 is 0 Å². The minimum Gasteiger partial charge on any atom is -0.393 e. The van der Waals surface area contributed by atoms with Gasteiger partial charge in [0.2, 0.25) is 0 Å². The summed E-state index contributed by atoms with van der Waals surface area (Å²) in [7, 11) is 0. The molecular formula is C12H22O. The lowest BCUT2D eigenvalue weighted by Crippen LogP contribution is -2.39. The molecule has 0 radical (unpaired) electrons. The van der Waals surface area contributed by atoms with Gasteiger partial charge in [-0.2, -0.15) is 0 Å². The van der Waals surface area contributed by atoms with Crippen molar-refractivity contribution in [2.24, 2.45) is 23.7 Å². The highest BCUT2D eigenvalue weighted by atomic mass is 16.3. The SMILES string of the molecule is CC1CCC2C(O)CC(C)CC2C1. The molecule has 13 heavy (non-hydrogen) atoms. The second-order valence-electron chi connectivity index (χ2n) is 5.49. The number of rotatable bonds is 0. The van der Waals surface area contributed by atoms with Crippen molar-refractivity contribution in [2.75, 3.05) is 0 Å². The highest BCUT2D eigenvalue weighted by Gasteiger charge is 2.38. The molecule has 2 fully saturated rings. The Balaban J connectivity index is 2.02. The maximum Gasteiger partial charge on any atom is 0.0573 e. The van der Waals surface area contributed by atoms with E-state index in [4.69, 9.17) is 0 Å². The molecule has 0 aromatic heterocycles. The van der Waals surface area contributed by atoms with Crippen LogP contribution in [0, 0.1) is 23.7 Å². The van der Waals surface area contributed by atoms with Gasteiger partial charge in [-0.25, -0.2) is 0 Å². The molecule has 5 unspecified atom stereocenters. The first kappa shape index (κ1) is 9.51. The summed E-state index contributed by atoms with van der Waals surface area (Å²) in [4.78, 5) is 0. The smallest absolute Gasteiger partial charge is 0.0573 e. The average Bonchev–Trinajstić information content (AvgIpc) is 2.02. The molecule has 0 heterocycles. The number of aliphatic hydroxyl groups excluding tert-OH is 1. The second-order valence-corrected chi connectivity index (χ2v) is 5.49. The summed E-state index contributed by atoms with van der Waals surface area (Å²) < 4.78 is 0. The Morgan fingerprint density at radius 1 is 0.923 bits per heavy atom. The van der Waals surface area contributed by atoms with Gasteiger partial charge in [-0.05, 0) is 49.4 Å². The Hall–Kier alpha value is -0.0400. The van der Waals surface area contributed by atoms with E-state index in [2.05, 4.69) is 13.8 Å². The second kappa shape index (κ2) is 3.61. The molecule has 2 saturated carbocycles. The average molecular weight is 182 g/mol. The van der Waals surface area contributed by atoms with Crippen LogP contribution in [-0.4, -0.2) is 11.2 Å². The molecule has 5 atom stereocenters. The van der Waals surface area contributed by atoms with Crippen LogP contribution in [0.5, 0.6) is 0 Å². The lowest BCUT2D eigenvalue weighted by Gasteiger charge is -2.43. The van der Waals surface area contributed by atoms with Gasteiger partial charge in [0.05, 0.1) is 6.10 Å². The third-order valence-corrected chi connectivity index (χ3v) is 4.15. The Labute approximate surface area is 81.5 Å². The third kappa shape index (κ3) is 1.90. The third-order valence-electron chi connectivity index (χ3n) is 4.15. The fourth-order valence-corrected chi connectivity index (χ4v) is 3.50. The summed E-state index contributed by atoms with van der Waals surface area (Å²) in [5.41, 5.74) is 0. The van der Waals surface area contributed by atoms with Crippen LogP contribution in [0.2, 0.25) is 0 Å². The summed E-state index contributed by atoms with van der Waals surface area (Å²) in [6.45, 7) is 4.65. The molecule has 0 saturated heterocycles. The predicted molar refractivity (Wildman–Crippen MR) is 54.4 cm³/mol. The Morgan fingerprint density at radius 3 is 2.38 bits per heavy atom. The van der Waals surface area contributed by atoms with Crippen molar-refractivity contribution in [1.82, 2.24) is 0 Å². The number of hydrogen-bond acceptors (Lipinski definition) is 1. The maximum absolute atomic E-state index is 9.96. The van der Waals surface area contributed by atoms with Crippen molar-refractivity contribution in [3.05, 3.63) is 0 Å². The highest BCUT2D eigenvalue weighted by Crippen LogP contribution is 2.44. The summed E-state index contributed by atoms with van der Waals surface area (Å²) in [5, 5.41) is 9.96. The van der Waals surface area contributed by atoms with Gasteiger partial charge < -0.3 is 5.11 Å². The van der Waals surface area contributed by atoms with E-state index in [9.17, 15) is 5.11 Å². The summed E-state index contributed by atoms with van der Waals surface area (Å²) in [6, 6.07) is 0. The molecule has 0 aromatic carbocycles. The Morgan fingerprint density at radius 2 is 1.62 bits per heavy atom. The van der Waals surface area contributed by atoms with Gasteiger partial charge in [0.1, 0.15) is 0 Å². The zero-order valence-corrected chi connectivity index (χ0v) is 8.87. The van der Waals surface area contributed by atoms with E-state index in [1.165, 1.54) is 25.7 Å². The number of fused-ring (bicyclic) bond motifs is 1. The Kier molecular flexibility index (Phi) is 2.64. The van der Waals surface area contributed by atoms with Crippen molar-refractivity contribution >= 4 is 0 Å². The largest absolute Gasteiger partial charge is 0.393 e. The molecule has 0 amide bonds. The first-order valence-corrected chi connectivity index (χ1v) is 5.85. The fourth-order valence-electron chi connectivity index (χ4n) is 3.50. The van der Waals surface area contributed by atoms with Crippen LogP contribution in [0.25, 0.3) is 0 Å². The quantitative estimate of drug-likeness (QED) is 0.611. The lowest BCUT2D eigenvalue weighted by molar-refractivity contribution is -0.0197. The summed E-state index contributed by atoms with van der Waals surface area (Å²) in [6.07, 6.45) is 6.42. The standard InChI is InChI=1S/C12H22O/c1-8-3-4-11-10(5-8)6-9(2)7-12(11)13/h8-13H,3-7H2,1-2H3. The topological polar surface area (TPSA) is 20.2 Å². The molecule has 0 aliphatic heterocycles. The van der Waals surface area contributed by atoms with Crippen molar-refractivity contribution in [2.45, 2.75) is 52.1 Å². The summed E-state index contributed by atoms with van der Waals surface area (Å²) >= 11 is 0. The zero-order chi connectivity index (χ0) is 9.42. The molecule has 2 aliphatic rings. The van der Waals surface area contributed by atoms with E-state index in [1.54, 1.807) is 0 Å². The van der Waals surface area contributed by atoms with E-state index in [-0.39, 0.29) is 6.10 Å². The van der Waals surface area contributed by atoms with Gasteiger partial charge in [-0.1, -0.05) is 20.3 Å². The first-order valence-electron chi connectivity index (χ1n) is 5.85. The highest BCUT2D eigenvalue weighted by molar-refractivity contribution is 4.88. The minimum atomic E-state index is 0.0150. The summed E-state index contributed by atoms with van der Waals surface area (Å²) in [5.74, 6) is 3.13. The maximum atomic E-state index is 9.96. The molecule has 0 spiro atoms. The molecule has 2 rings (SSSR count). The molecule has 0 aromatic rings. The van der Waals surface area contributed by atoms with Crippen LogP contribution in [0.1, 0.15) is 46.0 Å². The molecule has 0 bridgehead atoms. The van der Waals surface area contributed by atoms with Crippen molar-refractivity contribution in [1.29, 1.82) is 0 Å². The van der Waals surface area contributed by atoms with E-state index in [0.717, 1.165) is 24.2 Å². The van der Waals surface area contributed by atoms with Crippen LogP contribution < -0.4 is 0 Å². The normalized spacial score (nSPS) is 51.5. The molecule has 2 aliphatic carbocycles. The van der Waals surface area contributed by atoms with Crippen LogP contribution in [0.4, 0.5) is 0 Å². The minimum absolute atomic E-state index is 0.0150. The number of aliphatic hydroxyl groups is 1. The van der Waals surface area contributed by atoms with Crippen LogP contribution in [-0.2, 0) is 0 Å². The van der Waals surface area contributed by atoms with Crippen molar-refractivity contribution in [3.8, 4) is 0 Å². The van der Waals surface area contributed by atoms with E-state index >= 15 is 0 Å². The lowest BCUT2D eigenvalue weighted by atomic mass is 9.64. The molecule has 1 heteroatoms. The first-order chi connectivity index (χ1) is 6.16. The van der Waals surface area contributed by atoms with E-state index in [0.29, 0.717) is 5.92 Å². The van der Waals surface area contributed by atoms with Crippen molar-refractivity contribution in [3.63, 3.8) is 0 Å². The van der Waals surface area contributed by atoms with Crippen molar-refractivity contribution < 1.29 is 5.11 Å². The molecule has 1 N–H and O–H groups in total. The van der Waals surface area contributed by atoms with Gasteiger partial charge >= 0.3 is 0 Å². The van der Waals surface area contributed by atoms with Gasteiger partial charge in [-0.3, -0.25) is 0 Å². The fraction of sp³-hybridized carbons (Fsp3) is 1.00. The van der Waals surface area contributed by atoms with Gasteiger partial charge in [-0.15, -0.1) is 0 Å². The molecular weight excluding hydrogens is 160 g/mol. The number of hydrogen-bond donors (Lipinski definition) is 1. The Bertz CT molecular complexity index is 176. The molecule has 1 nitrogen and oxygen atoms in total. The van der Waals surface area contributed by atoms with E-state index in [1.807, 2.05) is 0 Å². The van der Waals surface area contributed by atoms with Crippen LogP contribution in [0.15, 0.2) is 0 Å². The molecule has 76 valence electrons. The van der Waals surface area contributed by atoms with E-state index < -0.39 is 0 Å².